The third-order valence-electron chi connectivity index (χ3n) is 14.1. The molecule has 0 aromatic heterocycles. The zero-order valence-electron chi connectivity index (χ0n) is 37.6. The van der Waals surface area contributed by atoms with Crippen LogP contribution in [-0.4, -0.2) is 142 Å². The number of anilines is 1. The Morgan fingerprint density at radius 2 is 1.38 bits per heavy atom. The predicted octanol–water partition coefficient (Wildman–Crippen LogP) is 5.46. The zero-order valence-corrected chi connectivity index (χ0v) is 38.4. The van der Waals surface area contributed by atoms with Crippen LogP contribution in [0.25, 0.3) is 0 Å². The van der Waals surface area contributed by atoms with Gasteiger partial charge >= 0.3 is 0 Å². The van der Waals surface area contributed by atoms with Gasteiger partial charge < -0.3 is 29.5 Å². The summed E-state index contributed by atoms with van der Waals surface area (Å²) in [5.74, 6) is 0.101. The predicted molar refractivity (Wildman–Crippen MR) is 246 cm³/mol. The van der Waals surface area contributed by atoms with Gasteiger partial charge in [-0.1, -0.05) is 30.3 Å². The fraction of sp³-hybridized carbons (Fsp3) is 0.551. The minimum Gasteiger partial charge on any atom is -0.493 e. The largest absolute Gasteiger partial charge is 0.493 e. The van der Waals surface area contributed by atoms with Crippen molar-refractivity contribution in [2.75, 3.05) is 89.9 Å². The van der Waals surface area contributed by atoms with Gasteiger partial charge in [0, 0.05) is 57.1 Å². The van der Waals surface area contributed by atoms with E-state index in [0.29, 0.717) is 48.3 Å². The van der Waals surface area contributed by atoms with Gasteiger partial charge in [-0.2, -0.15) is 0 Å². The zero-order chi connectivity index (χ0) is 45.0. The average Bonchev–Trinajstić information content (AvgIpc) is 3.53. The molecule has 3 aromatic carbocycles. The van der Waals surface area contributed by atoms with Crippen LogP contribution < -0.4 is 20.1 Å². The second kappa shape index (κ2) is 20.1. The van der Waals surface area contributed by atoms with Crippen molar-refractivity contribution in [2.45, 2.75) is 82.2 Å². The number of likely N-dealkylation sites (tertiary alicyclic amines) is 3. The summed E-state index contributed by atoms with van der Waals surface area (Å²) in [6.07, 6.45) is 8.81. The van der Waals surface area contributed by atoms with Crippen molar-refractivity contribution < 1.29 is 37.1 Å². The molecular formula is C49H64N6O8S. The summed E-state index contributed by atoms with van der Waals surface area (Å²) >= 11 is 0. The maximum atomic E-state index is 14.0. The van der Waals surface area contributed by atoms with Crippen molar-refractivity contribution in [3.63, 3.8) is 0 Å². The molecule has 5 heterocycles. The van der Waals surface area contributed by atoms with Gasteiger partial charge in [0.1, 0.15) is 9.84 Å². The number of methoxy groups -OCH3 is 1. The Kier molecular flexibility index (Phi) is 14.4. The number of sulfone groups is 1. The molecule has 8 rings (SSSR count). The van der Waals surface area contributed by atoms with Crippen molar-refractivity contribution in [3.05, 3.63) is 88.5 Å². The van der Waals surface area contributed by atoms with E-state index in [1.54, 1.807) is 30.3 Å². The number of piperidine rings is 4. The minimum absolute atomic E-state index is 0.175. The Balaban J connectivity index is 0.755. The first kappa shape index (κ1) is 45.7. The molecule has 344 valence electrons. The molecule has 4 saturated heterocycles. The van der Waals surface area contributed by atoms with E-state index in [2.05, 4.69) is 49.6 Å². The highest BCUT2D eigenvalue weighted by molar-refractivity contribution is 7.90. The Morgan fingerprint density at radius 1 is 0.734 bits per heavy atom. The molecule has 0 bridgehead atoms. The number of benzene rings is 3. The van der Waals surface area contributed by atoms with Gasteiger partial charge in [-0.15, -0.1) is 0 Å². The molecule has 4 amide bonds. The fourth-order valence-electron chi connectivity index (χ4n) is 10.4. The molecule has 3 aromatic rings. The van der Waals surface area contributed by atoms with Crippen LogP contribution in [0.5, 0.6) is 11.5 Å². The summed E-state index contributed by atoms with van der Waals surface area (Å²) < 4.78 is 36.4. The topological polar surface area (TPSA) is 158 Å². The van der Waals surface area contributed by atoms with Crippen LogP contribution in [-0.2, 0) is 19.4 Å². The number of imide groups is 2. The second-order valence-electron chi connectivity index (χ2n) is 18.5. The molecule has 0 saturated carbocycles. The number of hydrogen-bond acceptors (Lipinski definition) is 12. The van der Waals surface area contributed by atoms with E-state index in [9.17, 15) is 27.6 Å². The maximum absolute atomic E-state index is 14.0. The summed E-state index contributed by atoms with van der Waals surface area (Å²) in [6, 6.07) is 18.0. The monoisotopic (exact) mass is 896 g/mol. The second-order valence-corrected chi connectivity index (χ2v) is 20.7. The van der Waals surface area contributed by atoms with Crippen molar-refractivity contribution >= 4 is 39.2 Å². The van der Waals surface area contributed by atoms with Crippen LogP contribution in [0.3, 0.4) is 0 Å². The molecule has 0 aliphatic carbocycles. The van der Waals surface area contributed by atoms with Gasteiger partial charge in [-0.3, -0.25) is 29.4 Å². The normalized spacial score (nSPS) is 21.8. The van der Waals surface area contributed by atoms with E-state index in [-0.39, 0.29) is 34.9 Å². The number of ether oxygens (including phenoxy) is 2. The van der Waals surface area contributed by atoms with Crippen molar-refractivity contribution in [2.24, 2.45) is 5.92 Å². The lowest BCUT2D eigenvalue weighted by atomic mass is 9.86. The van der Waals surface area contributed by atoms with Gasteiger partial charge in [0.2, 0.25) is 11.8 Å². The molecule has 2 atom stereocenters. The average molecular weight is 897 g/mol. The van der Waals surface area contributed by atoms with E-state index in [0.717, 1.165) is 107 Å². The molecular weight excluding hydrogens is 833 g/mol. The molecule has 5 aliphatic rings. The molecule has 0 spiro atoms. The van der Waals surface area contributed by atoms with Crippen LogP contribution in [0.4, 0.5) is 5.69 Å². The summed E-state index contributed by atoms with van der Waals surface area (Å²) in [5, 5.41) is 6.10. The molecule has 15 heteroatoms. The van der Waals surface area contributed by atoms with Gasteiger partial charge in [0.15, 0.2) is 11.5 Å². The van der Waals surface area contributed by atoms with Gasteiger partial charge in [-0.05, 0) is 137 Å². The minimum atomic E-state index is -3.60. The number of hydrogen-bond donors (Lipinski definition) is 2. The van der Waals surface area contributed by atoms with Crippen LogP contribution in [0.1, 0.15) is 114 Å². The number of nitrogens with zero attached hydrogens (tertiary/aromatic N) is 4. The highest BCUT2D eigenvalue weighted by Crippen LogP contribution is 2.38. The number of carbonyl (C=O) groups excluding carboxylic acids is 4. The molecule has 14 nitrogen and oxygen atoms in total. The summed E-state index contributed by atoms with van der Waals surface area (Å²) in [6.45, 7) is 12.1. The van der Waals surface area contributed by atoms with Crippen molar-refractivity contribution in [1.82, 2.24) is 24.9 Å². The highest BCUT2D eigenvalue weighted by atomic mass is 32.2. The summed E-state index contributed by atoms with van der Waals surface area (Å²) in [7, 11) is -2.08. The number of carbonyl (C=O) groups is 4. The lowest BCUT2D eigenvalue weighted by Gasteiger charge is -2.39. The first-order valence-electron chi connectivity index (χ1n) is 23.2. The number of amides is 4. The Bertz CT molecular complexity index is 2280. The third-order valence-corrected chi connectivity index (χ3v) is 15.0. The van der Waals surface area contributed by atoms with Crippen LogP contribution in [0.15, 0.2) is 60.7 Å². The Labute approximate surface area is 377 Å². The standard InChI is InChI=1S/C49H64N6O8S/c1-4-63-45-29-37(9-13-44(45)62-2)43(32-64(3,60)61)55-48(58)41-11-10-39(30-42(41)49(55)59)50-38-19-25-54(26-20-38)31-33-15-21-52(22-16-33)27-28-53-23-17-35(18-24-53)34-5-7-36(8-6-34)40-12-14-46(56)51-47(40)57/h5-11,13,29-30,33,35,38,40,43,50H,4,12,14-28,31-32H2,1-3H3,(H,51,56,57)/t40?,43-/m1/s1. The Morgan fingerprint density at radius 3 is 2.02 bits per heavy atom. The number of fused-ring (bicyclic) bond motifs is 1. The third kappa shape index (κ3) is 10.8. The maximum Gasteiger partial charge on any atom is 0.262 e. The first-order chi connectivity index (χ1) is 30.8. The molecule has 5 aliphatic heterocycles. The van der Waals surface area contributed by atoms with Gasteiger partial charge in [0.05, 0.1) is 42.6 Å². The number of rotatable bonds is 16. The van der Waals surface area contributed by atoms with E-state index in [1.807, 2.05) is 13.0 Å². The smallest absolute Gasteiger partial charge is 0.262 e. The molecule has 2 N–H and O–H groups in total. The van der Waals surface area contributed by atoms with E-state index >= 15 is 0 Å². The van der Waals surface area contributed by atoms with E-state index in [1.165, 1.54) is 25.5 Å². The van der Waals surface area contributed by atoms with Crippen LogP contribution >= 0.6 is 0 Å². The van der Waals surface area contributed by atoms with Gasteiger partial charge in [0.25, 0.3) is 11.8 Å². The Hall–Kier alpha value is -4.83. The SMILES string of the molecule is CCOc1cc([C@@H](CS(C)(=O)=O)N2C(=O)c3ccc(NC4CCN(CC5CCN(CCN6CCC(c7ccc(C8CCC(=O)NC8=O)cc7)CC6)CC5)CC4)cc3C2=O)ccc1OC. The molecule has 1 unspecified atom stereocenters. The number of nitrogens with one attached hydrogen (secondary N) is 2. The van der Waals surface area contributed by atoms with Crippen molar-refractivity contribution in [3.8, 4) is 11.5 Å². The molecule has 64 heavy (non-hydrogen) atoms. The van der Waals surface area contributed by atoms with Crippen molar-refractivity contribution in [1.29, 1.82) is 0 Å². The van der Waals surface area contributed by atoms with Crippen LogP contribution in [0, 0.1) is 5.92 Å². The van der Waals surface area contributed by atoms with E-state index in [4.69, 9.17) is 9.47 Å². The summed E-state index contributed by atoms with van der Waals surface area (Å²) in [5.41, 5.74) is 4.14. The van der Waals surface area contributed by atoms with E-state index < -0.39 is 33.4 Å². The van der Waals surface area contributed by atoms with Crippen LogP contribution in [0.2, 0.25) is 0 Å². The fourth-order valence-corrected chi connectivity index (χ4v) is 11.4. The first-order valence-corrected chi connectivity index (χ1v) is 25.3. The molecule has 0 radical (unpaired) electrons. The van der Waals surface area contributed by atoms with Gasteiger partial charge in [-0.25, -0.2) is 8.42 Å². The lowest BCUT2D eigenvalue weighted by Crippen LogP contribution is -2.45. The quantitative estimate of drug-likeness (QED) is 0.175. The lowest BCUT2D eigenvalue weighted by molar-refractivity contribution is -0.134. The molecule has 4 fully saturated rings. The highest BCUT2D eigenvalue weighted by Gasteiger charge is 2.42. The summed E-state index contributed by atoms with van der Waals surface area (Å²) in [4.78, 5) is 60.5.